The van der Waals surface area contributed by atoms with Gasteiger partial charge in [-0.25, -0.2) is 9.18 Å². The van der Waals surface area contributed by atoms with E-state index in [0.29, 0.717) is 22.0 Å². The molecule has 1 aliphatic heterocycles. The third-order valence-electron chi connectivity index (χ3n) is 5.73. The highest BCUT2D eigenvalue weighted by atomic mass is 35.5. The summed E-state index contributed by atoms with van der Waals surface area (Å²) in [6.07, 6.45) is -0.166. The van der Waals surface area contributed by atoms with Crippen molar-refractivity contribution in [2.45, 2.75) is 25.9 Å². The molecule has 37 heavy (non-hydrogen) atoms. The average molecular weight is 540 g/mol. The number of nitrogens with zero attached hydrogens (tertiary/aromatic N) is 2. The van der Waals surface area contributed by atoms with Gasteiger partial charge in [0.1, 0.15) is 11.9 Å². The summed E-state index contributed by atoms with van der Waals surface area (Å²) in [4.78, 5) is 41.5. The Hall–Kier alpha value is -3.82. The van der Waals surface area contributed by atoms with E-state index in [2.05, 4.69) is 5.32 Å². The van der Waals surface area contributed by atoms with Crippen molar-refractivity contribution in [1.82, 2.24) is 4.90 Å². The van der Waals surface area contributed by atoms with Crippen LogP contribution in [-0.4, -0.2) is 40.4 Å². The van der Waals surface area contributed by atoms with Crippen LogP contribution in [0.15, 0.2) is 72.8 Å². The van der Waals surface area contributed by atoms with Crippen molar-refractivity contribution in [1.29, 1.82) is 0 Å². The molecule has 1 N–H and O–H groups in total. The third kappa shape index (κ3) is 6.12. The first-order chi connectivity index (χ1) is 17.8. The summed E-state index contributed by atoms with van der Waals surface area (Å²) >= 11 is 11.6. The molecule has 1 fully saturated rings. The molecule has 2 amide bonds. The Kier molecular flexibility index (Phi) is 8.15. The lowest BCUT2D eigenvalue weighted by Gasteiger charge is -2.24. The van der Waals surface area contributed by atoms with Crippen LogP contribution in [0.25, 0.3) is 0 Å². The van der Waals surface area contributed by atoms with E-state index in [9.17, 15) is 18.8 Å². The van der Waals surface area contributed by atoms with E-state index in [1.807, 2.05) is 0 Å². The van der Waals surface area contributed by atoms with Crippen molar-refractivity contribution in [3.05, 3.63) is 94.8 Å². The summed E-state index contributed by atoms with van der Waals surface area (Å²) in [6.45, 7) is 2.15. The van der Waals surface area contributed by atoms with Gasteiger partial charge in [-0.05, 0) is 85.4 Å². The third-order valence-corrected chi connectivity index (χ3v) is 6.40. The van der Waals surface area contributed by atoms with Gasteiger partial charge in [0.15, 0.2) is 5.11 Å². The first-order valence-electron chi connectivity index (χ1n) is 11.5. The lowest BCUT2D eigenvalue weighted by atomic mass is 10.1. The molecule has 0 aliphatic carbocycles. The van der Waals surface area contributed by atoms with Crippen LogP contribution < -0.4 is 10.2 Å². The van der Waals surface area contributed by atoms with E-state index in [1.54, 1.807) is 72.5 Å². The Morgan fingerprint density at radius 2 is 1.68 bits per heavy atom. The van der Waals surface area contributed by atoms with Crippen LogP contribution >= 0.6 is 23.8 Å². The van der Waals surface area contributed by atoms with Crippen molar-refractivity contribution in [3.63, 3.8) is 0 Å². The fraction of sp³-hybridized carbons (Fsp3) is 0.185. The quantitative estimate of drug-likeness (QED) is 0.314. The predicted molar refractivity (Wildman–Crippen MR) is 143 cm³/mol. The van der Waals surface area contributed by atoms with Crippen molar-refractivity contribution < 1.29 is 23.5 Å². The largest absolute Gasteiger partial charge is 0.462 e. The van der Waals surface area contributed by atoms with Gasteiger partial charge in [0.25, 0.3) is 5.91 Å². The molecule has 3 aromatic rings. The molecule has 0 spiro atoms. The SMILES string of the molecule is CCOC(=O)c1ccc(N2C(=O)[C@@H](CC(=O)Nc3ccc(Cl)cc3)N(Cc3ccc(F)cc3)C2=S)cc1. The number of ether oxygens (including phenoxy) is 1. The Morgan fingerprint density at radius 1 is 1.03 bits per heavy atom. The molecule has 0 aromatic heterocycles. The van der Waals surface area contributed by atoms with Gasteiger partial charge in [0.05, 0.1) is 24.3 Å². The monoisotopic (exact) mass is 539 g/mol. The molecule has 7 nitrogen and oxygen atoms in total. The normalized spacial score (nSPS) is 15.2. The van der Waals surface area contributed by atoms with Gasteiger partial charge >= 0.3 is 5.97 Å². The number of carbonyl (C=O) groups is 3. The highest BCUT2D eigenvalue weighted by molar-refractivity contribution is 7.80. The van der Waals surface area contributed by atoms with Gasteiger partial charge < -0.3 is 15.0 Å². The van der Waals surface area contributed by atoms with E-state index in [0.717, 1.165) is 5.56 Å². The number of thiocarbonyl (C=S) groups is 1. The van der Waals surface area contributed by atoms with Crippen LogP contribution in [0.5, 0.6) is 0 Å². The molecule has 0 bridgehead atoms. The van der Waals surface area contributed by atoms with E-state index in [4.69, 9.17) is 28.6 Å². The zero-order valence-corrected chi connectivity index (χ0v) is 21.4. The lowest BCUT2D eigenvalue weighted by Crippen LogP contribution is -2.37. The Balaban J connectivity index is 1.59. The summed E-state index contributed by atoms with van der Waals surface area (Å²) in [5.74, 6) is -1.63. The van der Waals surface area contributed by atoms with Crippen molar-refractivity contribution in [3.8, 4) is 0 Å². The van der Waals surface area contributed by atoms with Gasteiger partial charge in [0, 0.05) is 17.3 Å². The van der Waals surface area contributed by atoms with Crippen LogP contribution in [0.3, 0.4) is 0 Å². The van der Waals surface area contributed by atoms with Crippen molar-refractivity contribution in [2.75, 3.05) is 16.8 Å². The summed E-state index contributed by atoms with van der Waals surface area (Å²) in [5, 5.41) is 3.50. The molecule has 0 saturated carbocycles. The van der Waals surface area contributed by atoms with E-state index < -0.39 is 12.0 Å². The molecule has 0 radical (unpaired) electrons. The van der Waals surface area contributed by atoms with E-state index in [-0.39, 0.29) is 42.3 Å². The van der Waals surface area contributed by atoms with Crippen LogP contribution in [0.4, 0.5) is 15.8 Å². The van der Waals surface area contributed by atoms with Crippen molar-refractivity contribution in [2.24, 2.45) is 0 Å². The fourth-order valence-corrected chi connectivity index (χ4v) is 4.43. The maximum absolute atomic E-state index is 13.6. The number of esters is 1. The number of carbonyl (C=O) groups excluding carboxylic acids is 3. The first-order valence-corrected chi connectivity index (χ1v) is 12.3. The second-order valence-corrected chi connectivity index (χ2v) is 9.05. The minimum Gasteiger partial charge on any atom is -0.462 e. The van der Waals surface area contributed by atoms with E-state index >= 15 is 0 Å². The number of halogens is 2. The first kappa shape index (κ1) is 26.2. The van der Waals surface area contributed by atoms with Gasteiger partial charge in [-0.2, -0.15) is 0 Å². The number of benzene rings is 3. The molecule has 1 saturated heterocycles. The second-order valence-electron chi connectivity index (χ2n) is 8.25. The fourth-order valence-electron chi connectivity index (χ4n) is 3.92. The average Bonchev–Trinajstić information content (AvgIpc) is 3.10. The minimum atomic E-state index is -0.894. The lowest BCUT2D eigenvalue weighted by molar-refractivity contribution is -0.124. The summed E-state index contributed by atoms with van der Waals surface area (Å²) in [5.41, 5.74) is 2.05. The second kappa shape index (κ2) is 11.5. The highest BCUT2D eigenvalue weighted by Crippen LogP contribution is 2.29. The maximum Gasteiger partial charge on any atom is 0.338 e. The molecule has 1 heterocycles. The van der Waals surface area contributed by atoms with E-state index in [1.165, 1.54) is 17.0 Å². The number of amides is 2. The molecular formula is C27H23ClFN3O4S. The molecule has 10 heteroatoms. The Bertz CT molecular complexity index is 1320. The smallest absolute Gasteiger partial charge is 0.338 e. The van der Waals surface area contributed by atoms with Crippen LogP contribution in [0, 0.1) is 5.82 Å². The number of hydrogen-bond donors (Lipinski definition) is 1. The van der Waals surface area contributed by atoms with Gasteiger partial charge in [0.2, 0.25) is 5.91 Å². The Labute approximate surface area is 223 Å². The summed E-state index contributed by atoms with van der Waals surface area (Å²) in [6, 6.07) is 17.9. The molecule has 1 aliphatic rings. The number of anilines is 2. The zero-order chi connectivity index (χ0) is 26.5. The Morgan fingerprint density at radius 3 is 2.30 bits per heavy atom. The summed E-state index contributed by atoms with van der Waals surface area (Å²) < 4.78 is 18.5. The van der Waals surface area contributed by atoms with Gasteiger partial charge in [-0.1, -0.05) is 23.7 Å². The number of nitrogens with one attached hydrogen (secondary N) is 1. The van der Waals surface area contributed by atoms with Crippen LogP contribution in [-0.2, 0) is 20.9 Å². The topological polar surface area (TPSA) is 78.9 Å². The maximum atomic E-state index is 13.6. The summed E-state index contributed by atoms with van der Waals surface area (Å²) in [7, 11) is 0. The molecule has 4 rings (SSSR count). The molecule has 3 aromatic carbocycles. The number of rotatable bonds is 8. The number of hydrogen-bond acceptors (Lipinski definition) is 5. The highest BCUT2D eigenvalue weighted by Gasteiger charge is 2.44. The van der Waals surface area contributed by atoms with Crippen LogP contribution in [0.2, 0.25) is 5.02 Å². The standard InChI is InChI=1S/C27H23ClFN3O4S/c1-2-36-26(35)18-5-13-22(14-6-18)32-25(34)23(15-24(33)30-21-11-7-19(28)8-12-21)31(27(32)37)16-17-3-9-20(29)10-4-17/h3-14,23H,2,15-16H2,1H3,(H,30,33)/t23-/m1/s1. The predicted octanol–water partition coefficient (Wildman–Crippen LogP) is 5.19. The molecule has 1 atom stereocenters. The van der Waals surface area contributed by atoms with Gasteiger partial charge in [-0.15, -0.1) is 0 Å². The van der Waals surface area contributed by atoms with Gasteiger partial charge in [-0.3, -0.25) is 14.5 Å². The minimum absolute atomic E-state index is 0.166. The molecule has 190 valence electrons. The van der Waals surface area contributed by atoms with Crippen molar-refractivity contribution >= 4 is 58.1 Å². The molecule has 0 unspecified atom stereocenters. The zero-order valence-electron chi connectivity index (χ0n) is 19.8. The van der Waals surface area contributed by atoms with Crippen LogP contribution in [0.1, 0.15) is 29.3 Å². The molecular weight excluding hydrogens is 517 g/mol.